The number of benzene rings is 2. The van der Waals surface area contributed by atoms with Gasteiger partial charge < -0.3 is 15.5 Å². The molecule has 3 N–H and O–H groups in total. The lowest BCUT2D eigenvalue weighted by molar-refractivity contribution is 0.191. The van der Waals surface area contributed by atoms with Gasteiger partial charge in [-0.25, -0.2) is 0 Å². The van der Waals surface area contributed by atoms with Crippen molar-refractivity contribution in [1.29, 1.82) is 0 Å². The quantitative estimate of drug-likeness (QED) is 0.526. The molecule has 0 bridgehead atoms. The van der Waals surface area contributed by atoms with Crippen LogP contribution in [-0.2, 0) is 11.8 Å². The summed E-state index contributed by atoms with van der Waals surface area (Å²) in [5.74, 6) is 1.44. The summed E-state index contributed by atoms with van der Waals surface area (Å²) in [6, 6.07) is 14.4. The molecule has 164 valence electrons. The number of halogens is 1. The number of rotatable bonds is 6. The topological polar surface area (TPSA) is 68.1 Å². The summed E-state index contributed by atoms with van der Waals surface area (Å²) in [5, 5.41) is 2.27. The smallest absolute Gasteiger partial charge is 0.255 e. The van der Waals surface area contributed by atoms with Crippen LogP contribution in [0.25, 0.3) is 10.8 Å². The van der Waals surface area contributed by atoms with Crippen LogP contribution in [-0.4, -0.2) is 18.1 Å². The Labute approximate surface area is 188 Å². The molecule has 5 heteroatoms. The van der Waals surface area contributed by atoms with Gasteiger partial charge in [0.2, 0.25) is 0 Å². The molecule has 1 aromatic heterocycles. The number of pyridine rings is 1. The molecule has 2 aromatic carbocycles. The Kier molecular flexibility index (Phi) is 6.40. The van der Waals surface area contributed by atoms with Crippen LogP contribution in [0.1, 0.15) is 50.2 Å². The molecular weight excluding hydrogens is 408 g/mol. The molecule has 1 aliphatic rings. The van der Waals surface area contributed by atoms with Gasteiger partial charge in [0.25, 0.3) is 5.56 Å². The molecule has 0 aliphatic heterocycles. The van der Waals surface area contributed by atoms with Crippen LogP contribution in [0.5, 0.6) is 5.75 Å². The van der Waals surface area contributed by atoms with Crippen LogP contribution < -0.4 is 16.0 Å². The molecule has 0 radical (unpaired) electrons. The Balaban J connectivity index is 1.56. The summed E-state index contributed by atoms with van der Waals surface area (Å²) in [6.45, 7) is 2.18. The fraction of sp³-hybridized carbons (Fsp3) is 0.423. The van der Waals surface area contributed by atoms with E-state index in [0.717, 1.165) is 55.2 Å². The zero-order valence-electron chi connectivity index (χ0n) is 18.3. The van der Waals surface area contributed by atoms with Crippen molar-refractivity contribution in [2.45, 2.75) is 56.9 Å². The second-order valence-electron chi connectivity index (χ2n) is 8.89. The summed E-state index contributed by atoms with van der Waals surface area (Å²) in [4.78, 5) is 14.8. The third kappa shape index (κ3) is 4.24. The minimum Gasteiger partial charge on any atom is -0.497 e. The normalized spacial score (nSPS) is 22.4. The van der Waals surface area contributed by atoms with Gasteiger partial charge in [-0.05, 0) is 91.3 Å². The molecule has 3 aromatic rings. The first-order valence-electron chi connectivity index (χ1n) is 11.2. The van der Waals surface area contributed by atoms with Crippen LogP contribution in [0.2, 0.25) is 5.02 Å². The minimum atomic E-state index is -0.0970. The highest BCUT2D eigenvalue weighted by Crippen LogP contribution is 2.46. The highest BCUT2D eigenvalue weighted by molar-refractivity contribution is 6.32. The number of ether oxygens (including phenoxy) is 1. The summed E-state index contributed by atoms with van der Waals surface area (Å²) in [6.07, 6.45) is 7.90. The van der Waals surface area contributed by atoms with Gasteiger partial charge in [0.15, 0.2) is 0 Å². The summed E-state index contributed by atoms with van der Waals surface area (Å²) in [7, 11) is 1.71. The summed E-state index contributed by atoms with van der Waals surface area (Å²) in [5.41, 5.74) is 9.02. The van der Waals surface area contributed by atoms with E-state index in [1.165, 1.54) is 5.56 Å². The van der Waals surface area contributed by atoms with Gasteiger partial charge in [-0.3, -0.25) is 4.79 Å². The van der Waals surface area contributed by atoms with Crippen molar-refractivity contribution < 1.29 is 4.74 Å². The molecule has 0 spiro atoms. The second kappa shape index (κ2) is 9.05. The Bertz CT molecular complexity index is 1120. The fourth-order valence-electron chi connectivity index (χ4n) is 5.32. The number of fused-ring (bicyclic) bond motifs is 1. The van der Waals surface area contributed by atoms with Crippen molar-refractivity contribution in [2.75, 3.05) is 7.11 Å². The molecular formula is C26H31ClN2O2. The zero-order chi connectivity index (χ0) is 22.0. The van der Waals surface area contributed by atoms with Crippen molar-refractivity contribution in [3.8, 4) is 5.75 Å². The van der Waals surface area contributed by atoms with E-state index >= 15 is 0 Å². The number of nitrogens with two attached hydrogens (primary N) is 1. The van der Waals surface area contributed by atoms with E-state index in [4.69, 9.17) is 22.1 Å². The van der Waals surface area contributed by atoms with Gasteiger partial charge in [-0.15, -0.1) is 0 Å². The van der Waals surface area contributed by atoms with Crippen LogP contribution in [0.3, 0.4) is 0 Å². The molecule has 0 saturated heterocycles. The molecule has 1 aliphatic carbocycles. The Hall–Kier alpha value is -2.30. The van der Waals surface area contributed by atoms with Crippen molar-refractivity contribution in [3.63, 3.8) is 0 Å². The van der Waals surface area contributed by atoms with Crippen LogP contribution in [0.15, 0.2) is 53.5 Å². The number of hydrogen-bond donors (Lipinski definition) is 2. The van der Waals surface area contributed by atoms with Crippen LogP contribution >= 0.6 is 11.6 Å². The van der Waals surface area contributed by atoms with E-state index in [9.17, 15) is 4.79 Å². The van der Waals surface area contributed by atoms with Crippen molar-refractivity contribution in [1.82, 2.24) is 4.98 Å². The van der Waals surface area contributed by atoms with E-state index in [1.54, 1.807) is 19.4 Å². The van der Waals surface area contributed by atoms with Gasteiger partial charge in [-0.1, -0.05) is 30.7 Å². The predicted molar refractivity (Wildman–Crippen MR) is 128 cm³/mol. The molecule has 1 saturated carbocycles. The lowest BCUT2D eigenvalue weighted by Gasteiger charge is -2.45. The maximum Gasteiger partial charge on any atom is 0.255 e. The lowest BCUT2D eigenvalue weighted by Crippen LogP contribution is -2.47. The maximum absolute atomic E-state index is 12.0. The van der Waals surface area contributed by atoms with Crippen molar-refractivity contribution in [3.05, 3.63) is 75.2 Å². The SMILES string of the molecule is CCC(N)[C@]1(c2cccc(OC)c2)CC[C@H](Cc2cc3cc[nH]c(=O)c3cc2Cl)CC1. The number of hydrogen-bond acceptors (Lipinski definition) is 3. The summed E-state index contributed by atoms with van der Waals surface area (Å²) < 4.78 is 5.48. The van der Waals surface area contributed by atoms with E-state index in [0.29, 0.717) is 16.3 Å². The van der Waals surface area contributed by atoms with Crippen molar-refractivity contribution >= 4 is 22.4 Å². The highest BCUT2D eigenvalue weighted by Gasteiger charge is 2.41. The van der Waals surface area contributed by atoms with Crippen LogP contribution in [0.4, 0.5) is 0 Å². The van der Waals surface area contributed by atoms with Gasteiger partial charge >= 0.3 is 0 Å². The maximum atomic E-state index is 12.0. The number of methoxy groups -OCH3 is 1. The second-order valence-corrected chi connectivity index (χ2v) is 9.30. The molecule has 1 unspecified atom stereocenters. The highest BCUT2D eigenvalue weighted by atomic mass is 35.5. The first-order chi connectivity index (χ1) is 15.0. The first kappa shape index (κ1) is 21.9. The molecule has 1 fully saturated rings. The monoisotopic (exact) mass is 438 g/mol. The number of nitrogens with one attached hydrogen (secondary N) is 1. The third-order valence-corrected chi connectivity index (χ3v) is 7.59. The molecule has 4 rings (SSSR count). The first-order valence-corrected chi connectivity index (χ1v) is 11.5. The van der Waals surface area contributed by atoms with Gasteiger partial charge in [0.1, 0.15) is 5.75 Å². The van der Waals surface area contributed by atoms with E-state index in [-0.39, 0.29) is 17.0 Å². The van der Waals surface area contributed by atoms with Gasteiger partial charge in [0, 0.05) is 28.1 Å². The molecule has 4 nitrogen and oxygen atoms in total. The molecule has 1 heterocycles. The van der Waals surface area contributed by atoms with E-state index in [2.05, 4.69) is 36.2 Å². The van der Waals surface area contributed by atoms with E-state index < -0.39 is 0 Å². The predicted octanol–water partition coefficient (Wildman–Crippen LogP) is 5.60. The third-order valence-electron chi connectivity index (χ3n) is 7.24. The Morgan fingerprint density at radius 1 is 1.23 bits per heavy atom. The fourth-order valence-corrected chi connectivity index (χ4v) is 5.56. The Morgan fingerprint density at radius 3 is 2.71 bits per heavy atom. The lowest BCUT2D eigenvalue weighted by atomic mass is 9.61. The number of aromatic amines is 1. The van der Waals surface area contributed by atoms with Crippen LogP contribution in [0, 0.1) is 5.92 Å². The minimum absolute atomic E-state index is 0.0136. The summed E-state index contributed by atoms with van der Waals surface area (Å²) >= 11 is 6.57. The average Bonchev–Trinajstić information content (AvgIpc) is 2.80. The van der Waals surface area contributed by atoms with Gasteiger partial charge in [0.05, 0.1) is 7.11 Å². The van der Waals surface area contributed by atoms with E-state index in [1.807, 2.05) is 12.1 Å². The molecule has 31 heavy (non-hydrogen) atoms. The largest absolute Gasteiger partial charge is 0.497 e. The standard InChI is InChI=1S/C26H31ClN2O2/c1-3-24(28)26(20-5-4-6-21(15-20)31-2)10-7-17(8-11-26)13-19-14-18-9-12-29-25(30)22(18)16-23(19)27/h4-6,9,12,14-17,24H,3,7-8,10-11,13,28H2,1-2H3,(H,29,30)/t17-,24?,26+. The molecule has 1 atom stereocenters. The number of H-pyrrole nitrogens is 1. The number of aromatic nitrogens is 1. The average molecular weight is 439 g/mol. The molecule has 0 amide bonds. The Morgan fingerprint density at radius 2 is 2.00 bits per heavy atom. The van der Waals surface area contributed by atoms with Gasteiger partial charge in [-0.2, -0.15) is 0 Å². The zero-order valence-corrected chi connectivity index (χ0v) is 19.0. The van der Waals surface area contributed by atoms with Crippen molar-refractivity contribution in [2.24, 2.45) is 11.7 Å².